The molecule has 8 nitrogen and oxygen atoms in total. The lowest BCUT2D eigenvalue weighted by molar-refractivity contribution is 0.102. The molecule has 2 bridgehead atoms. The minimum Gasteiger partial charge on any atom is -0.380 e. The second-order valence-corrected chi connectivity index (χ2v) is 12.2. The van der Waals surface area contributed by atoms with Crippen molar-refractivity contribution < 1.29 is 9.53 Å². The average Bonchev–Trinajstić information content (AvgIpc) is 3.42. The van der Waals surface area contributed by atoms with Gasteiger partial charge in [0.05, 0.1) is 18.7 Å². The zero-order chi connectivity index (χ0) is 30.2. The molecule has 1 aliphatic carbocycles. The molecule has 9 rings (SSSR count). The van der Waals surface area contributed by atoms with Gasteiger partial charge in [-0.15, -0.1) is 0 Å². The normalized spacial score (nSPS) is 18.8. The summed E-state index contributed by atoms with van der Waals surface area (Å²) < 4.78 is 5.92. The van der Waals surface area contributed by atoms with Crippen LogP contribution in [0.2, 0.25) is 0 Å². The highest BCUT2D eigenvalue weighted by Gasteiger charge is 2.28. The Morgan fingerprint density at radius 1 is 0.889 bits per heavy atom. The molecule has 3 aliphatic heterocycles. The average molecular weight is 595 g/mol. The van der Waals surface area contributed by atoms with Gasteiger partial charge in [0.25, 0.3) is 5.91 Å². The molecule has 2 atom stereocenters. The molecular weight excluding hydrogens is 560 g/mol. The molecule has 6 heterocycles. The molecule has 0 radical (unpaired) electrons. The van der Waals surface area contributed by atoms with E-state index in [0.29, 0.717) is 23.2 Å². The number of benzene rings is 2. The Hall–Kier alpha value is -5.08. The molecule has 3 N–H and O–H groups in total. The van der Waals surface area contributed by atoms with Crippen LogP contribution in [-0.2, 0) is 17.6 Å². The summed E-state index contributed by atoms with van der Waals surface area (Å²) in [5.74, 6) is 1.21. The minimum atomic E-state index is -0.221. The van der Waals surface area contributed by atoms with E-state index in [2.05, 4.69) is 55.2 Å². The largest absolute Gasteiger partial charge is 0.380 e. The number of anilines is 5. The van der Waals surface area contributed by atoms with Gasteiger partial charge in [0.1, 0.15) is 5.82 Å². The Bertz CT molecular complexity index is 1950. The van der Waals surface area contributed by atoms with Gasteiger partial charge in [-0.25, -0.2) is 4.98 Å². The van der Waals surface area contributed by atoms with Crippen LogP contribution >= 0.6 is 0 Å². The Kier molecular flexibility index (Phi) is 7.19. The van der Waals surface area contributed by atoms with Gasteiger partial charge in [0.15, 0.2) is 0 Å². The summed E-state index contributed by atoms with van der Waals surface area (Å²) >= 11 is 0. The summed E-state index contributed by atoms with van der Waals surface area (Å²) in [6.07, 6.45) is 15.1. The van der Waals surface area contributed by atoms with Crippen LogP contribution in [0.4, 0.5) is 28.6 Å². The summed E-state index contributed by atoms with van der Waals surface area (Å²) in [4.78, 5) is 26.8. The zero-order valence-corrected chi connectivity index (χ0v) is 24.9. The number of aromatic nitrogens is 3. The van der Waals surface area contributed by atoms with Gasteiger partial charge in [0, 0.05) is 76.4 Å². The molecule has 8 heteroatoms. The first-order valence-corrected chi connectivity index (χ1v) is 15.7. The van der Waals surface area contributed by atoms with E-state index in [1.165, 1.54) is 29.5 Å². The smallest absolute Gasteiger partial charge is 0.256 e. The van der Waals surface area contributed by atoms with Crippen LogP contribution in [0.25, 0.3) is 16.5 Å². The summed E-state index contributed by atoms with van der Waals surface area (Å²) in [7, 11) is 0. The number of nitrogens with one attached hydrogen (secondary N) is 3. The summed E-state index contributed by atoms with van der Waals surface area (Å²) in [6.45, 7) is 1.61. The first-order chi connectivity index (χ1) is 22.2. The van der Waals surface area contributed by atoms with Crippen molar-refractivity contribution >= 4 is 51.0 Å². The highest BCUT2D eigenvalue weighted by molar-refractivity contribution is 6.05. The molecule has 5 aromatic rings. The van der Waals surface area contributed by atoms with Crippen LogP contribution in [0.3, 0.4) is 0 Å². The van der Waals surface area contributed by atoms with Crippen LogP contribution in [-0.4, -0.2) is 34.1 Å². The third-order valence-corrected chi connectivity index (χ3v) is 9.16. The SMILES string of the molecule is O=C(Nc1cc2c(cn1)CCCc1cnccc1N2)c1cccc(Nc2ccnc3ccc(C4=C[C@H]5CC[C@H]4COC5)cc23)c1. The van der Waals surface area contributed by atoms with E-state index in [4.69, 9.17) is 4.74 Å². The zero-order valence-electron chi connectivity index (χ0n) is 24.9. The van der Waals surface area contributed by atoms with Gasteiger partial charge in [-0.2, -0.15) is 0 Å². The minimum absolute atomic E-state index is 0.221. The fraction of sp³-hybridized carbons (Fsp3) is 0.243. The van der Waals surface area contributed by atoms with E-state index in [-0.39, 0.29) is 5.91 Å². The van der Waals surface area contributed by atoms with Crippen LogP contribution in [0.1, 0.15) is 46.3 Å². The molecule has 1 amide bonds. The summed E-state index contributed by atoms with van der Waals surface area (Å²) in [5.41, 5.74) is 10.1. The number of amides is 1. The summed E-state index contributed by atoms with van der Waals surface area (Å²) in [5, 5.41) is 11.1. The topological polar surface area (TPSA) is 101 Å². The number of aryl methyl sites for hydroxylation is 2. The second kappa shape index (κ2) is 11.8. The predicted molar refractivity (Wildman–Crippen MR) is 178 cm³/mol. The maximum absolute atomic E-state index is 13.4. The molecule has 45 heavy (non-hydrogen) atoms. The highest BCUT2D eigenvalue weighted by atomic mass is 16.5. The third-order valence-electron chi connectivity index (χ3n) is 9.16. The number of fused-ring (bicyclic) bond motifs is 6. The molecule has 3 aromatic heterocycles. The quantitative estimate of drug-likeness (QED) is 0.192. The predicted octanol–water partition coefficient (Wildman–Crippen LogP) is 7.69. The van der Waals surface area contributed by atoms with Crippen molar-refractivity contribution in [1.29, 1.82) is 0 Å². The number of carbonyl (C=O) groups excluding carboxylic acids is 1. The lowest BCUT2D eigenvalue weighted by atomic mass is 9.81. The Balaban J connectivity index is 1.03. The number of hydrogen-bond acceptors (Lipinski definition) is 7. The van der Waals surface area contributed by atoms with Crippen molar-refractivity contribution in [2.45, 2.75) is 32.1 Å². The van der Waals surface area contributed by atoms with Crippen molar-refractivity contribution in [2.75, 3.05) is 29.2 Å². The molecule has 0 unspecified atom stereocenters. The molecule has 4 aliphatic rings. The molecular formula is C37H34N6O2. The number of rotatable bonds is 5. The van der Waals surface area contributed by atoms with E-state index >= 15 is 0 Å². The van der Waals surface area contributed by atoms with E-state index in [1.807, 2.05) is 61.1 Å². The standard InChI is InChI=1S/C37H34N6O2/c44-37(43-36-18-35-27(20-40-36)5-1-4-26-19-38-13-11-32(26)42-35)25-3-2-6-29(16-25)41-34-12-14-39-33-10-9-24(17-31(33)34)30-15-23-7-8-28(30)22-45-21-23/h2-3,6,9-20,23,28,42H,1,4-5,7-8,21-22H2,(H,39,41)(H,40,43,44)/t23-,28+/m1/s1. The lowest BCUT2D eigenvalue weighted by Crippen LogP contribution is -2.14. The van der Waals surface area contributed by atoms with Crippen molar-refractivity contribution in [3.05, 3.63) is 114 Å². The maximum atomic E-state index is 13.4. The van der Waals surface area contributed by atoms with Crippen molar-refractivity contribution in [3.8, 4) is 0 Å². The summed E-state index contributed by atoms with van der Waals surface area (Å²) in [6, 6.07) is 19.9. The third kappa shape index (κ3) is 5.65. The fourth-order valence-electron chi connectivity index (χ4n) is 6.79. The Morgan fingerprint density at radius 3 is 2.78 bits per heavy atom. The van der Waals surface area contributed by atoms with Crippen LogP contribution < -0.4 is 16.0 Å². The second-order valence-electron chi connectivity index (χ2n) is 12.2. The van der Waals surface area contributed by atoms with Crippen molar-refractivity contribution in [1.82, 2.24) is 15.0 Å². The number of hydrogen-bond donors (Lipinski definition) is 3. The Morgan fingerprint density at radius 2 is 1.82 bits per heavy atom. The molecule has 2 aromatic carbocycles. The van der Waals surface area contributed by atoms with Crippen LogP contribution in [0, 0.1) is 11.8 Å². The van der Waals surface area contributed by atoms with Gasteiger partial charge in [-0.05, 0) is 96.8 Å². The number of ether oxygens (including phenoxy) is 1. The van der Waals surface area contributed by atoms with Gasteiger partial charge < -0.3 is 20.7 Å². The maximum Gasteiger partial charge on any atom is 0.256 e. The first-order valence-electron chi connectivity index (χ1n) is 15.7. The molecule has 1 saturated heterocycles. The van der Waals surface area contributed by atoms with E-state index in [9.17, 15) is 4.79 Å². The number of pyridine rings is 3. The van der Waals surface area contributed by atoms with Gasteiger partial charge in [-0.1, -0.05) is 18.2 Å². The van der Waals surface area contributed by atoms with E-state index < -0.39 is 0 Å². The van der Waals surface area contributed by atoms with Crippen LogP contribution in [0.5, 0.6) is 0 Å². The molecule has 1 fully saturated rings. The van der Waals surface area contributed by atoms with Gasteiger partial charge in [-0.3, -0.25) is 14.8 Å². The fourth-order valence-corrected chi connectivity index (χ4v) is 6.79. The Labute approximate surface area is 262 Å². The molecule has 0 spiro atoms. The monoisotopic (exact) mass is 594 g/mol. The van der Waals surface area contributed by atoms with Crippen molar-refractivity contribution in [2.24, 2.45) is 11.8 Å². The van der Waals surface area contributed by atoms with Crippen molar-refractivity contribution in [3.63, 3.8) is 0 Å². The number of carbonyl (C=O) groups is 1. The number of nitrogens with zero attached hydrogens (tertiary/aromatic N) is 3. The molecule has 0 saturated carbocycles. The van der Waals surface area contributed by atoms with E-state index in [1.54, 1.807) is 6.20 Å². The first kappa shape index (κ1) is 27.5. The molecule has 224 valence electrons. The van der Waals surface area contributed by atoms with E-state index in [0.717, 1.165) is 71.7 Å². The van der Waals surface area contributed by atoms with Gasteiger partial charge in [0.2, 0.25) is 0 Å². The van der Waals surface area contributed by atoms with Gasteiger partial charge >= 0.3 is 0 Å². The highest BCUT2D eigenvalue weighted by Crippen LogP contribution is 2.39. The van der Waals surface area contributed by atoms with Crippen LogP contribution in [0.15, 0.2) is 91.5 Å². The lowest BCUT2D eigenvalue weighted by Gasteiger charge is -2.23.